The average Bonchev–Trinajstić information content (AvgIpc) is 3.14. The second-order valence-corrected chi connectivity index (χ2v) is 8.45. The monoisotopic (exact) mass is 358 g/mol. The van der Waals surface area contributed by atoms with Gasteiger partial charge in [-0.3, -0.25) is 9.36 Å². The molecule has 2 N–H and O–H groups in total. The Morgan fingerprint density at radius 2 is 2.25 bits per heavy atom. The second-order valence-electron chi connectivity index (χ2n) is 6.21. The highest BCUT2D eigenvalue weighted by molar-refractivity contribution is 8.01. The van der Waals surface area contributed by atoms with Crippen molar-refractivity contribution in [3.8, 4) is 0 Å². The van der Waals surface area contributed by atoms with Crippen LogP contribution in [0.15, 0.2) is 28.6 Å². The van der Waals surface area contributed by atoms with Crippen molar-refractivity contribution in [2.24, 2.45) is 5.92 Å². The Bertz CT molecular complexity index is 915. The van der Waals surface area contributed by atoms with Gasteiger partial charge in [0.25, 0.3) is 0 Å². The molecule has 1 atom stereocenters. The molecule has 5 nitrogen and oxygen atoms in total. The van der Waals surface area contributed by atoms with E-state index in [1.165, 1.54) is 39.7 Å². The maximum absolute atomic E-state index is 12.9. The molecule has 2 aromatic heterocycles. The quantitative estimate of drug-likeness (QED) is 0.724. The first kappa shape index (κ1) is 15.7. The molecule has 124 valence electrons. The van der Waals surface area contributed by atoms with Gasteiger partial charge < -0.3 is 5.73 Å². The third kappa shape index (κ3) is 2.71. The van der Waals surface area contributed by atoms with E-state index in [2.05, 4.69) is 29.3 Å². The number of hydrogen-bond acceptors (Lipinski definition) is 6. The van der Waals surface area contributed by atoms with Gasteiger partial charge in [0, 0.05) is 11.1 Å². The largest absolute Gasteiger partial charge is 0.374 e. The minimum Gasteiger partial charge on any atom is -0.374 e. The molecule has 0 spiro atoms. The molecular formula is C17H18N4OS2. The van der Waals surface area contributed by atoms with Crippen molar-refractivity contribution in [2.75, 3.05) is 11.5 Å². The van der Waals surface area contributed by atoms with Crippen LogP contribution < -0.4 is 5.73 Å². The van der Waals surface area contributed by atoms with Gasteiger partial charge in [-0.1, -0.05) is 48.2 Å². The fourth-order valence-corrected chi connectivity index (χ4v) is 4.92. The van der Waals surface area contributed by atoms with Crippen LogP contribution in [0.3, 0.4) is 0 Å². The first-order valence-corrected chi connectivity index (χ1v) is 9.80. The molecule has 0 fully saturated rings. The highest BCUT2D eigenvalue weighted by Crippen LogP contribution is 2.34. The Kier molecular flexibility index (Phi) is 4.05. The van der Waals surface area contributed by atoms with E-state index in [9.17, 15) is 4.79 Å². The number of para-hydroxylation sites is 1. The van der Waals surface area contributed by atoms with Crippen LogP contribution >= 0.6 is 23.1 Å². The first-order chi connectivity index (χ1) is 11.6. The van der Waals surface area contributed by atoms with Crippen molar-refractivity contribution in [2.45, 2.75) is 30.5 Å². The van der Waals surface area contributed by atoms with Gasteiger partial charge in [0.1, 0.15) is 0 Å². The predicted molar refractivity (Wildman–Crippen MR) is 98.8 cm³/mol. The number of benzene rings is 1. The number of hydrogen-bond donors (Lipinski definition) is 1. The van der Waals surface area contributed by atoms with Crippen LogP contribution in [0.4, 0.5) is 5.13 Å². The summed E-state index contributed by atoms with van der Waals surface area (Å²) >= 11 is 2.72. The Labute approximate surface area is 148 Å². The molecular weight excluding hydrogens is 340 g/mol. The lowest BCUT2D eigenvalue weighted by molar-refractivity contribution is 0.0943. The SMILES string of the molecule is C[C@H]1CCc2c(c3ccccc3n2C(=O)CSc2nnc(N)s2)C1. The van der Waals surface area contributed by atoms with Crippen LogP contribution in [0.5, 0.6) is 0 Å². The molecule has 24 heavy (non-hydrogen) atoms. The van der Waals surface area contributed by atoms with E-state index in [4.69, 9.17) is 5.73 Å². The summed E-state index contributed by atoms with van der Waals surface area (Å²) in [4.78, 5) is 12.9. The van der Waals surface area contributed by atoms with Crippen LogP contribution in [0.25, 0.3) is 10.9 Å². The Morgan fingerprint density at radius 1 is 1.42 bits per heavy atom. The van der Waals surface area contributed by atoms with Crippen molar-refractivity contribution in [3.63, 3.8) is 0 Å². The van der Waals surface area contributed by atoms with Crippen molar-refractivity contribution >= 4 is 45.0 Å². The molecule has 1 aliphatic carbocycles. The number of carbonyl (C=O) groups excluding carboxylic acids is 1. The molecule has 0 radical (unpaired) electrons. The number of nitrogens with two attached hydrogens (primary N) is 1. The molecule has 4 rings (SSSR count). The molecule has 0 unspecified atom stereocenters. The zero-order valence-electron chi connectivity index (χ0n) is 13.4. The van der Waals surface area contributed by atoms with Crippen molar-refractivity contribution in [3.05, 3.63) is 35.5 Å². The van der Waals surface area contributed by atoms with E-state index in [1.54, 1.807) is 0 Å². The number of fused-ring (bicyclic) bond motifs is 3. The fourth-order valence-electron chi connectivity index (χ4n) is 3.44. The van der Waals surface area contributed by atoms with Gasteiger partial charge >= 0.3 is 0 Å². The van der Waals surface area contributed by atoms with Crippen LogP contribution in [-0.4, -0.2) is 26.4 Å². The molecule has 1 aromatic carbocycles. The molecule has 3 aromatic rings. The molecule has 0 amide bonds. The van der Waals surface area contributed by atoms with Crippen molar-refractivity contribution in [1.29, 1.82) is 0 Å². The lowest BCUT2D eigenvalue weighted by Gasteiger charge is -2.20. The summed E-state index contributed by atoms with van der Waals surface area (Å²) in [5.74, 6) is 1.11. The van der Waals surface area contributed by atoms with Crippen molar-refractivity contribution in [1.82, 2.24) is 14.8 Å². The maximum Gasteiger partial charge on any atom is 0.241 e. The lowest BCUT2D eigenvalue weighted by Crippen LogP contribution is -2.20. The zero-order valence-corrected chi connectivity index (χ0v) is 15.0. The van der Waals surface area contributed by atoms with Crippen molar-refractivity contribution < 1.29 is 4.79 Å². The Morgan fingerprint density at radius 3 is 3.04 bits per heavy atom. The number of anilines is 1. The number of nitrogen functional groups attached to an aromatic ring is 1. The second kappa shape index (κ2) is 6.22. The van der Waals surface area contributed by atoms with Gasteiger partial charge in [0.15, 0.2) is 4.34 Å². The summed E-state index contributed by atoms with van der Waals surface area (Å²) in [6, 6.07) is 8.23. The number of thioether (sulfide) groups is 1. The van der Waals surface area contributed by atoms with Crippen LogP contribution in [0, 0.1) is 5.92 Å². The Balaban J connectivity index is 1.69. The molecule has 0 bridgehead atoms. The van der Waals surface area contributed by atoms with E-state index >= 15 is 0 Å². The zero-order chi connectivity index (χ0) is 16.7. The minimum absolute atomic E-state index is 0.0979. The summed E-state index contributed by atoms with van der Waals surface area (Å²) in [7, 11) is 0. The van der Waals surface area contributed by atoms with Crippen LogP contribution in [0.2, 0.25) is 0 Å². The van der Waals surface area contributed by atoms with Gasteiger partial charge in [-0.25, -0.2) is 0 Å². The smallest absolute Gasteiger partial charge is 0.241 e. The number of aromatic nitrogens is 3. The van der Waals surface area contributed by atoms with Gasteiger partial charge in [0.2, 0.25) is 11.0 Å². The van der Waals surface area contributed by atoms with E-state index in [0.717, 1.165) is 29.1 Å². The van der Waals surface area contributed by atoms with E-state index in [-0.39, 0.29) is 5.91 Å². The van der Waals surface area contributed by atoms with Gasteiger partial charge in [-0.2, -0.15) is 0 Å². The average molecular weight is 358 g/mol. The van der Waals surface area contributed by atoms with Gasteiger partial charge in [-0.05, 0) is 36.8 Å². The molecule has 0 aliphatic heterocycles. The molecule has 0 saturated carbocycles. The van der Waals surface area contributed by atoms with Crippen LogP contribution in [-0.2, 0) is 12.8 Å². The lowest BCUT2D eigenvalue weighted by atomic mass is 9.88. The van der Waals surface area contributed by atoms with Gasteiger partial charge in [-0.15, -0.1) is 10.2 Å². The topological polar surface area (TPSA) is 73.8 Å². The third-order valence-electron chi connectivity index (χ3n) is 4.51. The maximum atomic E-state index is 12.9. The summed E-state index contributed by atoms with van der Waals surface area (Å²) in [6.45, 7) is 2.28. The molecule has 0 saturated heterocycles. The third-order valence-corrected chi connectivity index (χ3v) is 6.38. The van der Waals surface area contributed by atoms with E-state index < -0.39 is 0 Å². The normalized spacial score (nSPS) is 17.1. The first-order valence-electron chi connectivity index (χ1n) is 7.99. The highest BCUT2D eigenvalue weighted by Gasteiger charge is 2.25. The fraction of sp³-hybridized carbons (Fsp3) is 0.353. The molecule has 7 heteroatoms. The Hall–Kier alpha value is -1.86. The van der Waals surface area contributed by atoms with Crippen LogP contribution in [0.1, 0.15) is 29.4 Å². The summed E-state index contributed by atoms with van der Waals surface area (Å²) in [6.07, 6.45) is 3.15. The van der Waals surface area contributed by atoms with E-state index in [1.807, 2.05) is 16.7 Å². The number of rotatable bonds is 3. The number of carbonyl (C=O) groups is 1. The van der Waals surface area contributed by atoms with E-state index in [0.29, 0.717) is 16.8 Å². The highest BCUT2D eigenvalue weighted by atomic mass is 32.2. The number of nitrogens with zero attached hydrogens (tertiary/aromatic N) is 3. The summed E-state index contributed by atoms with van der Waals surface area (Å²) in [5, 5.41) is 9.42. The van der Waals surface area contributed by atoms with Gasteiger partial charge in [0.05, 0.1) is 11.3 Å². The summed E-state index contributed by atoms with van der Waals surface area (Å²) in [5.41, 5.74) is 9.17. The molecule has 1 aliphatic rings. The summed E-state index contributed by atoms with van der Waals surface area (Å²) < 4.78 is 2.66. The minimum atomic E-state index is 0.0979. The standard InChI is InChI=1S/C17H18N4OS2/c1-10-6-7-14-12(8-10)11-4-2-3-5-13(11)21(14)15(22)9-23-17-20-19-16(18)24-17/h2-5,10H,6-9H2,1H3,(H2,18,19)/t10-/m0/s1. The molecule has 2 heterocycles. The predicted octanol–water partition coefficient (Wildman–Crippen LogP) is 3.63.